The van der Waals surface area contributed by atoms with Crippen molar-refractivity contribution in [3.8, 4) is 0 Å². The fourth-order valence-corrected chi connectivity index (χ4v) is 5.13. The lowest BCUT2D eigenvalue weighted by Gasteiger charge is -2.26. The van der Waals surface area contributed by atoms with Crippen molar-refractivity contribution < 1.29 is 9.53 Å². The molecule has 1 N–H and O–H groups in total. The third-order valence-corrected chi connectivity index (χ3v) is 7.16. The van der Waals surface area contributed by atoms with Crippen molar-refractivity contribution in [1.29, 1.82) is 0 Å². The summed E-state index contributed by atoms with van der Waals surface area (Å²) in [6.45, 7) is 5.63. The second kappa shape index (κ2) is 11.7. The minimum absolute atomic E-state index is 0.0584. The van der Waals surface area contributed by atoms with Crippen molar-refractivity contribution in [3.63, 3.8) is 0 Å². The molecule has 1 unspecified atom stereocenters. The number of rotatable bonds is 9. The number of para-hydroxylation sites is 1. The van der Waals surface area contributed by atoms with Crippen molar-refractivity contribution >= 4 is 28.4 Å². The molecule has 1 aliphatic rings. The van der Waals surface area contributed by atoms with E-state index in [4.69, 9.17) is 16.3 Å². The average Bonchev–Trinajstić information content (AvgIpc) is 3.27. The summed E-state index contributed by atoms with van der Waals surface area (Å²) in [4.78, 5) is 15.5. The largest absolute Gasteiger partial charge is 0.379 e. The predicted molar refractivity (Wildman–Crippen MR) is 146 cm³/mol. The number of amides is 1. The summed E-state index contributed by atoms with van der Waals surface area (Å²) in [5.41, 5.74) is 4.66. The van der Waals surface area contributed by atoms with Crippen LogP contribution in [0.2, 0.25) is 5.02 Å². The highest BCUT2D eigenvalue weighted by Crippen LogP contribution is 2.35. The van der Waals surface area contributed by atoms with Crippen molar-refractivity contribution in [2.24, 2.45) is 0 Å². The summed E-state index contributed by atoms with van der Waals surface area (Å²) in [5.74, 6) is -0.0179. The van der Waals surface area contributed by atoms with Crippen LogP contribution in [0.4, 0.5) is 0 Å². The van der Waals surface area contributed by atoms with Crippen LogP contribution in [0.5, 0.6) is 0 Å². The van der Waals surface area contributed by atoms with Gasteiger partial charge >= 0.3 is 0 Å². The number of halogens is 1. The van der Waals surface area contributed by atoms with Crippen molar-refractivity contribution in [3.05, 3.63) is 107 Å². The highest BCUT2D eigenvalue weighted by Gasteiger charge is 2.23. The van der Waals surface area contributed by atoms with Gasteiger partial charge in [-0.15, -0.1) is 0 Å². The molecule has 1 atom stereocenters. The van der Waals surface area contributed by atoms with Gasteiger partial charge in [0.25, 0.3) is 0 Å². The Bertz CT molecular complexity index is 1280. The van der Waals surface area contributed by atoms with E-state index < -0.39 is 0 Å². The normalized spacial score (nSPS) is 15.1. The van der Waals surface area contributed by atoms with E-state index >= 15 is 0 Å². The second-order valence-corrected chi connectivity index (χ2v) is 9.76. The fourth-order valence-electron chi connectivity index (χ4n) is 5.00. The lowest BCUT2D eigenvalue weighted by atomic mass is 9.88. The number of carbonyl (C=O) groups excluding carboxylic acids is 1. The molecule has 0 radical (unpaired) electrons. The Labute approximate surface area is 217 Å². The zero-order valence-electron chi connectivity index (χ0n) is 20.4. The van der Waals surface area contributed by atoms with E-state index in [0.717, 1.165) is 50.5 Å². The molecule has 1 fully saturated rings. The van der Waals surface area contributed by atoms with Crippen LogP contribution in [-0.4, -0.2) is 54.8 Å². The molecule has 1 aromatic heterocycles. The average molecular weight is 502 g/mol. The van der Waals surface area contributed by atoms with Gasteiger partial charge in [-0.2, -0.15) is 0 Å². The van der Waals surface area contributed by atoms with Crippen LogP contribution in [0.3, 0.4) is 0 Å². The molecule has 36 heavy (non-hydrogen) atoms. The molecule has 1 aliphatic heterocycles. The molecule has 0 bridgehead atoms. The van der Waals surface area contributed by atoms with Gasteiger partial charge in [-0.3, -0.25) is 9.69 Å². The molecule has 2 heterocycles. The van der Waals surface area contributed by atoms with Crippen LogP contribution < -0.4 is 5.32 Å². The zero-order chi connectivity index (χ0) is 24.7. The molecule has 4 aromatic rings. The summed E-state index contributed by atoms with van der Waals surface area (Å²) in [6, 6.07) is 26.8. The van der Waals surface area contributed by atoms with E-state index in [2.05, 4.69) is 69.5 Å². The maximum Gasteiger partial charge on any atom is 0.220 e. The molecule has 1 amide bonds. The van der Waals surface area contributed by atoms with Gasteiger partial charge in [0, 0.05) is 67.2 Å². The number of hydrogen-bond donors (Lipinski definition) is 1. The first-order valence-electron chi connectivity index (χ1n) is 12.6. The third kappa shape index (κ3) is 5.98. The maximum absolute atomic E-state index is 13.2. The molecule has 0 saturated carbocycles. The van der Waals surface area contributed by atoms with Gasteiger partial charge in [-0.1, -0.05) is 72.3 Å². The Kier molecular flexibility index (Phi) is 8.01. The fraction of sp³-hybridized carbons (Fsp3) is 0.300. The smallest absolute Gasteiger partial charge is 0.220 e. The van der Waals surface area contributed by atoms with Crippen LogP contribution in [0, 0.1) is 0 Å². The first-order valence-corrected chi connectivity index (χ1v) is 13.0. The van der Waals surface area contributed by atoms with Crippen molar-refractivity contribution in [2.45, 2.75) is 18.9 Å². The number of aromatic nitrogens is 1. The summed E-state index contributed by atoms with van der Waals surface area (Å²) in [5, 5.41) is 5.02. The molecule has 6 heteroatoms. The Morgan fingerprint density at radius 1 is 0.944 bits per heavy atom. The highest BCUT2D eigenvalue weighted by atomic mass is 35.5. The number of nitrogens with one attached hydrogen (secondary N) is 1. The molecule has 0 aliphatic carbocycles. The Morgan fingerprint density at radius 3 is 2.44 bits per heavy atom. The molecule has 5 nitrogen and oxygen atoms in total. The van der Waals surface area contributed by atoms with Crippen molar-refractivity contribution in [2.75, 3.05) is 39.4 Å². The minimum Gasteiger partial charge on any atom is -0.379 e. The van der Waals surface area contributed by atoms with E-state index in [9.17, 15) is 4.79 Å². The highest BCUT2D eigenvalue weighted by molar-refractivity contribution is 6.30. The van der Waals surface area contributed by atoms with Crippen LogP contribution in [0.1, 0.15) is 29.0 Å². The van der Waals surface area contributed by atoms with E-state index in [1.54, 1.807) is 0 Å². The maximum atomic E-state index is 13.2. The number of benzene rings is 3. The molecule has 186 valence electrons. The van der Waals surface area contributed by atoms with E-state index in [1.165, 1.54) is 16.5 Å². The van der Waals surface area contributed by atoms with Crippen LogP contribution >= 0.6 is 11.6 Å². The zero-order valence-corrected chi connectivity index (χ0v) is 21.2. The van der Waals surface area contributed by atoms with Crippen LogP contribution in [-0.2, 0) is 16.1 Å². The number of morpholine rings is 1. The lowest BCUT2D eigenvalue weighted by molar-refractivity contribution is -0.121. The van der Waals surface area contributed by atoms with E-state index in [1.807, 2.05) is 30.3 Å². The van der Waals surface area contributed by atoms with Crippen LogP contribution in [0.25, 0.3) is 10.9 Å². The van der Waals surface area contributed by atoms with Gasteiger partial charge in [0.1, 0.15) is 0 Å². The molecule has 0 spiro atoms. The minimum atomic E-state index is -0.0763. The summed E-state index contributed by atoms with van der Waals surface area (Å²) in [6.07, 6.45) is 2.60. The number of nitrogens with zero attached hydrogens (tertiary/aromatic N) is 2. The topological polar surface area (TPSA) is 46.5 Å². The summed E-state index contributed by atoms with van der Waals surface area (Å²) < 4.78 is 7.71. The molecule has 5 rings (SSSR count). The first kappa shape index (κ1) is 24.6. The molecular formula is C30H32ClN3O2. The van der Waals surface area contributed by atoms with Crippen LogP contribution in [0.15, 0.2) is 85.1 Å². The molecular weight excluding hydrogens is 470 g/mol. The monoisotopic (exact) mass is 501 g/mol. The summed E-state index contributed by atoms with van der Waals surface area (Å²) in [7, 11) is 0. The van der Waals surface area contributed by atoms with Gasteiger partial charge in [0.2, 0.25) is 5.91 Å². The van der Waals surface area contributed by atoms with Gasteiger partial charge in [0.15, 0.2) is 0 Å². The van der Waals surface area contributed by atoms with Gasteiger partial charge in [0.05, 0.1) is 13.2 Å². The van der Waals surface area contributed by atoms with E-state index in [0.29, 0.717) is 18.0 Å². The third-order valence-electron chi connectivity index (χ3n) is 6.91. The number of hydrogen-bond acceptors (Lipinski definition) is 3. The Morgan fingerprint density at radius 2 is 1.67 bits per heavy atom. The lowest BCUT2D eigenvalue weighted by Crippen LogP contribution is -2.41. The predicted octanol–water partition coefficient (Wildman–Crippen LogP) is 5.31. The quantitative estimate of drug-likeness (QED) is 0.338. The van der Waals surface area contributed by atoms with Crippen molar-refractivity contribution in [1.82, 2.24) is 14.8 Å². The van der Waals surface area contributed by atoms with Gasteiger partial charge < -0.3 is 14.6 Å². The molecule has 3 aromatic carbocycles. The first-order chi connectivity index (χ1) is 17.7. The summed E-state index contributed by atoms with van der Waals surface area (Å²) >= 11 is 6.20. The Hall–Kier alpha value is -3.12. The van der Waals surface area contributed by atoms with E-state index in [-0.39, 0.29) is 11.8 Å². The van der Waals surface area contributed by atoms with Gasteiger partial charge in [-0.05, 0) is 34.9 Å². The SMILES string of the molecule is O=C(CC(c1ccc(Cl)cc1)c1cn(Cc2ccccc2)c2ccccc12)NCCN1CCOCC1. The standard InChI is InChI=1S/C30H32ClN3O2/c31-25-12-10-24(11-13-25)27(20-30(35)32-14-15-33-16-18-36-19-17-33)28-22-34(21-23-6-2-1-3-7-23)29-9-5-4-8-26(28)29/h1-13,22,27H,14-21H2,(H,32,35). The molecule has 1 saturated heterocycles. The van der Waals surface area contributed by atoms with Gasteiger partial charge in [-0.25, -0.2) is 0 Å². The number of ether oxygens (including phenoxy) is 1. The number of carbonyl (C=O) groups is 1. The Balaban J connectivity index is 1.41. The second-order valence-electron chi connectivity index (χ2n) is 9.33. The number of fused-ring (bicyclic) bond motifs is 1.